The average molecular weight is 410 g/mol. The molecular weight excluding hydrogens is 382 g/mol. The van der Waals surface area contributed by atoms with Crippen molar-refractivity contribution in [1.82, 2.24) is 9.80 Å². The summed E-state index contributed by atoms with van der Waals surface area (Å²) in [6, 6.07) is 16.9. The first-order chi connectivity index (χ1) is 14.6. The van der Waals surface area contributed by atoms with Gasteiger partial charge in [-0.1, -0.05) is 30.3 Å². The van der Waals surface area contributed by atoms with Gasteiger partial charge in [-0.15, -0.1) is 0 Å². The fourth-order valence-corrected chi connectivity index (χ4v) is 3.88. The highest BCUT2D eigenvalue weighted by atomic mass is 16.6. The van der Waals surface area contributed by atoms with Crippen LogP contribution in [0.25, 0.3) is 0 Å². The van der Waals surface area contributed by atoms with Gasteiger partial charge < -0.3 is 24.2 Å². The van der Waals surface area contributed by atoms with Crippen molar-refractivity contribution in [3.8, 4) is 11.5 Å². The molecule has 2 aromatic rings. The van der Waals surface area contributed by atoms with Crippen LogP contribution in [0.3, 0.4) is 0 Å². The van der Waals surface area contributed by atoms with Gasteiger partial charge in [-0.05, 0) is 24.3 Å². The third-order valence-corrected chi connectivity index (χ3v) is 5.65. The van der Waals surface area contributed by atoms with Crippen molar-refractivity contribution in [3.05, 3.63) is 60.2 Å². The predicted molar refractivity (Wildman–Crippen MR) is 112 cm³/mol. The van der Waals surface area contributed by atoms with Gasteiger partial charge in [0.25, 0.3) is 11.8 Å². The summed E-state index contributed by atoms with van der Waals surface area (Å²) in [4.78, 5) is 30.1. The van der Waals surface area contributed by atoms with Crippen molar-refractivity contribution in [3.63, 3.8) is 0 Å². The number of para-hydroxylation sites is 2. The Hall–Kier alpha value is -3.06. The maximum atomic E-state index is 12.7. The molecule has 0 unspecified atom stereocenters. The minimum Gasteiger partial charge on any atom is -0.486 e. The third kappa shape index (κ3) is 4.74. The van der Waals surface area contributed by atoms with Crippen molar-refractivity contribution in [1.29, 1.82) is 0 Å². The number of hydrogen-bond donors (Lipinski definition) is 1. The molecule has 1 fully saturated rings. The van der Waals surface area contributed by atoms with Crippen molar-refractivity contribution < 1.29 is 24.0 Å². The molecule has 2 amide bonds. The van der Waals surface area contributed by atoms with E-state index in [9.17, 15) is 9.59 Å². The van der Waals surface area contributed by atoms with Crippen LogP contribution in [0.2, 0.25) is 0 Å². The second-order valence-electron chi connectivity index (χ2n) is 7.86. The van der Waals surface area contributed by atoms with Crippen LogP contribution in [-0.4, -0.2) is 80.6 Å². The molecule has 0 aromatic heterocycles. The molecule has 4 rings (SSSR count). The van der Waals surface area contributed by atoms with Crippen LogP contribution in [0.4, 0.5) is 0 Å². The lowest BCUT2D eigenvalue weighted by molar-refractivity contribution is -0.896. The summed E-state index contributed by atoms with van der Waals surface area (Å²) in [5.74, 6) is 1.61. The van der Waals surface area contributed by atoms with E-state index in [0.717, 1.165) is 24.6 Å². The highest BCUT2D eigenvalue weighted by Crippen LogP contribution is 2.30. The van der Waals surface area contributed by atoms with Gasteiger partial charge in [0.15, 0.2) is 24.1 Å². The number of quaternary nitrogens is 1. The van der Waals surface area contributed by atoms with E-state index in [1.807, 2.05) is 59.5 Å². The number of piperazine rings is 1. The van der Waals surface area contributed by atoms with Gasteiger partial charge in [-0.3, -0.25) is 9.59 Å². The van der Waals surface area contributed by atoms with Crippen molar-refractivity contribution in [2.45, 2.75) is 6.10 Å². The van der Waals surface area contributed by atoms with Gasteiger partial charge in [-0.2, -0.15) is 0 Å². The van der Waals surface area contributed by atoms with Gasteiger partial charge in [0.2, 0.25) is 0 Å². The Morgan fingerprint density at radius 3 is 2.43 bits per heavy atom. The zero-order valence-corrected chi connectivity index (χ0v) is 17.3. The van der Waals surface area contributed by atoms with Gasteiger partial charge in [0.05, 0.1) is 32.7 Å². The van der Waals surface area contributed by atoms with E-state index in [-0.39, 0.29) is 17.9 Å². The lowest BCUT2D eigenvalue weighted by Crippen LogP contribution is -3.15. The molecule has 2 aromatic carbocycles. The van der Waals surface area contributed by atoms with E-state index >= 15 is 0 Å². The summed E-state index contributed by atoms with van der Waals surface area (Å²) < 4.78 is 11.7. The largest absolute Gasteiger partial charge is 0.486 e. The predicted octanol–water partition coefficient (Wildman–Crippen LogP) is 0.326. The van der Waals surface area contributed by atoms with E-state index in [2.05, 4.69) is 0 Å². The maximum Gasteiger partial charge on any atom is 0.277 e. The summed E-state index contributed by atoms with van der Waals surface area (Å²) >= 11 is 0. The van der Waals surface area contributed by atoms with Crippen LogP contribution in [-0.2, 0) is 4.79 Å². The first-order valence-corrected chi connectivity index (χ1v) is 10.4. The number of hydrogen-bond acceptors (Lipinski definition) is 4. The fraction of sp³-hybridized carbons (Fsp3) is 0.391. The monoisotopic (exact) mass is 410 g/mol. The Morgan fingerprint density at radius 1 is 1.03 bits per heavy atom. The molecule has 7 nitrogen and oxygen atoms in total. The van der Waals surface area contributed by atoms with Gasteiger partial charge >= 0.3 is 0 Å². The average Bonchev–Trinajstić information content (AvgIpc) is 2.79. The molecule has 1 atom stereocenters. The Balaban J connectivity index is 1.22. The maximum absolute atomic E-state index is 12.7. The molecule has 0 bridgehead atoms. The SMILES string of the molecule is CN(C[C@@H]1COc2ccccc2O1)C(=O)C[NH+]1CCN(C(=O)c2ccccc2)CC1. The zero-order chi connectivity index (χ0) is 20.9. The number of carbonyl (C=O) groups excluding carboxylic acids is 2. The van der Waals surface area contributed by atoms with Crippen LogP contribution in [0, 0.1) is 0 Å². The molecule has 2 heterocycles. The second-order valence-corrected chi connectivity index (χ2v) is 7.86. The topological polar surface area (TPSA) is 63.5 Å². The number of rotatable bonds is 5. The summed E-state index contributed by atoms with van der Waals surface area (Å²) in [5.41, 5.74) is 0.716. The lowest BCUT2D eigenvalue weighted by atomic mass is 10.2. The number of nitrogens with zero attached hydrogens (tertiary/aromatic N) is 2. The van der Waals surface area contributed by atoms with Crippen LogP contribution in [0.15, 0.2) is 54.6 Å². The minimum absolute atomic E-state index is 0.0628. The molecule has 0 saturated carbocycles. The number of ether oxygens (including phenoxy) is 2. The van der Waals surface area contributed by atoms with Gasteiger partial charge in [-0.25, -0.2) is 0 Å². The van der Waals surface area contributed by atoms with E-state index in [1.165, 1.54) is 4.90 Å². The number of fused-ring (bicyclic) bond motifs is 1. The first-order valence-electron chi connectivity index (χ1n) is 10.4. The van der Waals surface area contributed by atoms with Gasteiger partial charge in [0.1, 0.15) is 6.61 Å². The minimum atomic E-state index is -0.177. The number of carbonyl (C=O) groups is 2. The van der Waals surface area contributed by atoms with Gasteiger partial charge in [0, 0.05) is 12.6 Å². The molecule has 0 spiro atoms. The number of benzene rings is 2. The zero-order valence-electron chi connectivity index (χ0n) is 17.3. The second kappa shape index (κ2) is 9.17. The molecule has 2 aliphatic rings. The standard InChI is InChI=1S/C23H27N3O4/c1-24(15-19-17-29-20-9-5-6-10-21(20)30-19)22(27)16-25-11-13-26(14-12-25)23(28)18-7-3-2-4-8-18/h2-10,19H,11-17H2,1H3/p+1/t19-/m1/s1. The van der Waals surface area contributed by atoms with Crippen LogP contribution >= 0.6 is 0 Å². The number of nitrogens with one attached hydrogen (secondary N) is 1. The van der Waals surface area contributed by atoms with Crippen LogP contribution < -0.4 is 14.4 Å². The van der Waals surface area contributed by atoms with Crippen LogP contribution in [0.1, 0.15) is 10.4 Å². The summed E-state index contributed by atoms with van der Waals surface area (Å²) in [6.45, 7) is 4.21. The van der Waals surface area contributed by atoms with E-state index in [0.29, 0.717) is 38.3 Å². The molecule has 0 radical (unpaired) electrons. The highest BCUT2D eigenvalue weighted by Gasteiger charge is 2.28. The number of amides is 2. The van der Waals surface area contributed by atoms with E-state index < -0.39 is 0 Å². The number of likely N-dealkylation sites (N-methyl/N-ethyl adjacent to an activating group) is 1. The van der Waals surface area contributed by atoms with E-state index in [4.69, 9.17) is 9.47 Å². The normalized spacial score (nSPS) is 18.7. The van der Waals surface area contributed by atoms with Crippen molar-refractivity contribution in [2.75, 3.05) is 52.9 Å². The summed E-state index contributed by atoms with van der Waals surface area (Å²) in [6.07, 6.45) is -0.177. The molecule has 7 heteroatoms. The highest BCUT2D eigenvalue weighted by molar-refractivity contribution is 5.94. The van der Waals surface area contributed by atoms with Crippen molar-refractivity contribution in [2.24, 2.45) is 0 Å². The quantitative estimate of drug-likeness (QED) is 0.772. The Kier molecular flexibility index (Phi) is 6.18. The first kappa shape index (κ1) is 20.2. The molecule has 30 heavy (non-hydrogen) atoms. The molecule has 0 aliphatic carbocycles. The Labute approximate surface area is 176 Å². The fourth-order valence-electron chi connectivity index (χ4n) is 3.88. The Morgan fingerprint density at radius 2 is 1.70 bits per heavy atom. The summed E-state index contributed by atoms with van der Waals surface area (Å²) in [7, 11) is 1.81. The lowest BCUT2D eigenvalue weighted by Gasteiger charge is -2.33. The molecule has 1 saturated heterocycles. The smallest absolute Gasteiger partial charge is 0.277 e. The molecular formula is C23H28N3O4+. The van der Waals surface area contributed by atoms with Crippen molar-refractivity contribution >= 4 is 11.8 Å². The summed E-state index contributed by atoms with van der Waals surface area (Å²) in [5, 5.41) is 0. The van der Waals surface area contributed by atoms with E-state index in [1.54, 1.807) is 11.9 Å². The molecule has 158 valence electrons. The molecule has 2 aliphatic heterocycles. The third-order valence-electron chi connectivity index (χ3n) is 5.65. The Bertz CT molecular complexity index is 881. The van der Waals surface area contributed by atoms with Crippen LogP contribution in [0.5, 0.6) is 11.5 Å². The molecule has 1 N–H and O–H groups in total.